The Bertz CT molecular complexity index is 1180. The molecule has 2 heterocycles. The third-order valence-electron chi connectivity index (χ3n) is 4.08. The van der Waals surface area contributed by atoms with Gasteiger partial charge in [0.25, 0.3) is 11.6 Å². The maximum atomic E-state index is 12.7. The van der Waals surface area contributed by atoms with E-state index in [4.69, 9.17) is 4.42 Å². The Kier molecular flexibility index (Phi) is 3.92. The molecule has 0 aliphatic heterocycles. The molecule has 8 nitrogen and oxygen atoms in total. The zero-order chi connectivity index (χ0) is 19.0. The molecular formula is C19H14N4O4. The molecule has 8 heteroatoms. The average molecular weight is 362 g/mol. The van der Waals surface area contributed by atoms with Gasteiger partial charge in [0.2, 0.25) is 0 Å². The largest absolute Gasteiger partial charge is 0.458 e. The molecule has 0 bridgehead atoms. The highest BCUT2D eigenvalue weighted by molar-refractivity contribution is 6.12. The van der Waals surface area contributed by atoms with Gasteiger partial charge in [-0.25, -0.2) is 4.98 Å². The Balaban J connectivity index is 1.72. The molecule has 0 aliphatic carbocycles. The molecule has 0 unspecified atom stereocenters. The summed E-state index contributed by atoms with van der Waals surface area (Å²) in [5.41, 5.74) is 1.37. The molecule has 0 saturated carbocycles. The molecule has 2 aromatic carbocycles. The van der Waals surface area contributed by atoms with Crippen LogP contribution in [0, 0.1) is 17.0 Å². The summed E-state index contributed by atoms with van der Waals surface area (Å²) in [5, 5.41) is 13.7. The van der Waals surface area contributed by atoms with Crippen molar-refractivity contribution in [3.05, 3.63) is 76.0 Å². The molecule has 0 saturated heterocycles. The molecule has 4 rings (SSSR count). The Morgan fingerprint density at radius 3 is 2.70 bits per heavy atom. The fraction of sp³-hybridized carbons (Fsp3) is 0.0526. The minimum atomic E-state index is -0.540. The van der Waals surface area contributed by atoms with Gasteiger partial charge < -0.3 is 14.7 Å². The van der Waals surface area contributed by atoms with E-state index in [0.29, 0.717) is 28.2 Å². The number of nitrogens with zero attached hydrogens (tertiary/aromatic N) is 2. The van der Waals surface area contributed by atoms with Gasteiger partial charge in [0.05, 0.1) is 16.0 Å². The van der Waals surface area contributed by atoms with Crippen molar-refractivity contribution in [2.75, 3.05) is 5.32 Å². The number of carbonyl (C=O) groups excluding carboxylic acids is 1. The normalized spacial score (nSPS) is 10.9. The van der Waals surface area contributed by atoms with Crippen LogP contribution in [-0.2, 0) is 0 Å². The number of benzene rings is 2. The summed E-state index contributed by atoms with van der Waals surface area (Å²) in [6.07, 6.45) is 0. The number of anilines is 1. The van der Waals surface area contributed by atoms with Gasteiger partial charge in [0, 0.05) is 6.07 Å². The van der Waals surface area contributed by atoms with Crippen LogP contribution in [-0.4, -0.2) is 20.8 Å². The van der Waals surface area contributed by atoms with Gasteiger partial charge in [-0.3, -0.25) is 14.9 Å². The number of aromatic amines is 1. The molecule has 0 spiro atoms. The molecule has 0 atom stereocenters. The molecule has 0 aliphatic rings. The maximum Gasteiger partial charge on any atom is 0.292 e. The average Bonchev–Trinajstić information content (AvgIpc) is 3.27. The number of nitro benzene ring substituents is 1. The summed E-state index contributed by atoms with van der Waals surface area (Å²) in [6.45, 7) is 1.83. The van der Waals surface area contributed by atoms with E-state index in [1.165, 1.54) is 12.1 Å². The fourth-order valence-corrected chi connectivity index (χ4v) is 2.82. The highest BCUT2D eigenvalue weighted by Crippen LogP contribution is 2.27. The smallest absolute Gasteiger partial charge is 0.292 e. The number of imidazole rings is 1. The topological polar surface area (TPSA) is 114 Å². The van der Waals surface area contributed by atoms with Gasteiger partial charge in [-0.2, -0.15) is 0 Å². The highest BCUT2D eigenvalue weighted by Gasteiger charge is 2.19. The molecule has 134 valence electrons. The number of H-pyrrole nitrogens is 1. The van der Waals surface area contributed by atoms with Crippen molar-refractivity contribution in [3.63, 3.8) is 0 Å². The van der Waals surface area contributed by atoms with Crippen molar-refractivity contribution in [1.82, 2.24) is 9.97 Å². The number of carbonyl (C=O) groups is 1. The number of rotatable bonds is 4. The SMILES string of the molecule is Cc1ccc(-c2nc3c(C(=O)Nc4ccccc4[N+](=O)[O-])cccc3[nH]2)o1. The predicted molar refractivity (Wildman–Crippen MR) is 99.6 cm³/mol. The monoisotopic (exact) mass is 362 g/mol. The first-order valence-electron chi connectivity index (χ1n) is 8.13. The second-order valence-corrected chi connectivity index (χ2v) is 5.93. The molecular weight excluding hydrogens is 348 g/mol. The third kappa shape index (κ3) is 3.04. The van der Waals surface area contributed by atoms with Crippen LogP contribution in [0.15, 0.2) is 59.0 Å². The van der Waals surface area contributed by atoms with E-state index in [-0.39, 0.29) is 11.4 Å². The first-order chi connectivity index (χ1) is 13.0. The second-order valence-electron chi connectivity index (χ2n) is 5.93. The van der Waals surface area contributed by atoms with Gasteiger partial charge in [-0.1, -0.05) is 18.2 Å². The predicted octanol–water partition coefficient (Wildman–Crippen LogP) is 4.29. The second kappa shape index (κ2) is 6.41. The number of aryl methyl sites for hydroxylation is 1. The molecule has 0 radical (unpaired) electrons. The number of hydrogen-bond acceptors (Lipinski definition) is 5. The zero-order valence-corrected chi connectivity index (χ0v) is 14.2. The molecule has 2 aromatic heterocycles. The van der Waals surface area contributed by atoms with E-state index < -0.39 is 10.8 Å². The Labute approximate surface area is 153 Å². The zero-order valence-electron chi connectivity index (χ0n) is 14.2. The van der Waals surface area contributed by atoms with Crippen molar-refractivity contribution in [1.29, 1.82) is 0 Å². The number of nitro groups is 1. The van der Waals surface area contributed by atoms with Crippen LogP contribution in [0.4, 0.5) is 11.4 Å². The number of fused-ring (bicyclic) bond motifs is 1. The Morgan fingerprint density at radius 2 is 1.96 bits per heavy atom. The molecule has 2 N–H and O–H groups in total. The van der Waals surface area contributed by atoms with Crippen molar-refractivity contribution >= 4 is 28.3 Å². The lowest BCUT2D eigenvalue weighted by atomic mass is 10.1. The van der Waals surface area contributed by atoms with Crippen molar-refractivity contribution < 1.29 is 14.1 Å². The standard InChI is InChI=1S/C19H14N4O4/c1-11-9-10-16(27-11)18-20-14-7-4-5-12(17(14)22-18)19(24)21-13-6-2-3-8-15(13)23(25)26/h2-10H,1H3,(H,20,22)(H,21,24). The van der Waals surface area contributed by atoms with Crippen LogP contribution < -0.4 is 5.32 Å². The first-order valence-corrected chi connectivity index (χ1v) is 8.13. The summed E-state index contributed by atoms with van der Waals surface area (Å²) >= 11 is 0. The van der Waals surface area contributed by atoms with Crippen molar-refractivity contribution in [2.24, 2.45) is 0 Å². The van der Waals surface area contributed by atoms with Gasteiger partial charge in [-0.15, -0.1) is 0 Å². The van der Waals surface area contributed by atoms with Gasteiger partial charge in [0.15, 0.2) is 11.6 Å². The lowest BCUT2D eigenvalue weighted by molar-refractivity contribution is -0.383. The van der Waals surface area contributed by atoms with Crippen LogP contribution in [0.1, 0.15) is 16.1 Å². The highest BCUT2D eigenvalue weighted by atomic mass is 16.6. The lowest BCUT2D eigenvalue weighted by Crippen LogP contribution is -2.13. The number of nitrogens with one attached hydrogen (secondary N) is 2. The summed E-state index contributed by atoms with van der Waals surface area (Å²) in [7, 11) is 0. The number of hydrogen-bond donors (Lipinski definition) is 2. The quantitative estimate of drug-likeness (QED) is 0.415. The van der Waals surface area contributed by atoms with E-state index in [1.54, 1.807) is 36.4 Å². The van der Waals surface area contributed by atoms with Crippen molar-refractivity contribution in [3.8, 4) is 11.6 Å². The van der Waals surface area contributed by atoms with E-state index >= 15 is 0 Å². The number of aromatic nitrogens is 2. The summed E-state index contributed by atoms with van der Waals surface area (Å²) < 4.78 is 5.57. The van der Waals surface area contributed by atoms with Gasteiger partial charge in [0.1, 0.15) is 17.0 Å². The maximum absolute atomic E-state index is 12.7. The summed E-state index contributed by atoms with van der Waals surface area (Å²) in [6, 6.07) is 14.7. The lowest BCUT2D eigenvalue weighted by Gasteiger charge is -2.06. The fourth-order valence-electron chi connectivity index (χ4n) is 2.82. The third-order valence-corrected chi connectivity index (χ3v) is 4.08. The van der Waals surface area contributed by atoms with E-state index in [9.17, 15) is 14.9 Å². The number of amides is 1. The van der Waals surface area contributed by atoms with Gasteiger partial charge in [-0.05, 0) is 37.3 Å². The van der Waals surface area contributed by atoms with E-state index in [2.05, 4.69) is 15.3 Å². The number of furan rings is 1. The molecule has 0 fully saturated rings. The Morgan fingerprint density at radius 1 is 1.15 bits per heavy atom. The summed E-state index contributed by atoms with van der Waals surface area (Å²) in [5.74, 6) is 1.33. The minimum Gasteiger partial charge on any atom is -0.458 e. The van der Waals surface area contributed by atoms with Crippen LogP contribution in [0.2, 0.25) is 0 Å². The van der Waals surface area contributed by atoms with Crippen LogP contribution in [0.5, 0.6) is 0 Å². The number of para-hydroxylation sites is 3. The molecule has 1 amide bonds. The first kappa shape index (κ1) is 16.5. The van der Waals surface area contributed by atoms with Crippen LogP contribution in [0.3, 0.4) is 0 Å². The van der Waals surface area contributed by atoms with Crippen LogP contribution in [0.25, 0.3) is 22.6 Å². The van der Waals surface area contributed by atoms with E-state index in [0.717, 1.165) is 5.76 Å². The van der Waals surface area contributed by atoms with E-state index in [1.807, 2.05) is 13.0 Å². The Hall–Kier alpha value is -3.94. The summed E-state index contributed by atoms with van der Waals surface area (Å²) in [4.78, 5) is 30.9. The minimum absolute atomic E-state index is 0.127. The van der Waals surface area contributed by atoms with Crippen molar-refractivity contribution in [2.45, 2.75) is 6.92 Å². The molecule has 27 heavy (non-hydrogen) atoms. The van der Waals surface area contributed by atoms with Gasteiger partial charge >= 0.3 is 0 Å². The van der Waals surface area contributed by atoms with Crippen LogP contribution >= 0.6 is 0 Å². The molecule has 4 aromatic rings.